The molecule has 0 aliphatic carbocycles. The van der Waals surface area contributed by atoms with Gasteiger partial charge in [-0.1, -0.05) is 6.07 Å². The second kappa shape index (κ2) is 8.26. The quantitative estimate of drug-likeness (QED) is 0.743. The van der Waals surface area contributed by atoms with E-state index in [2.05, 4.69) is 4.99 Å². The van der Waals surface area contributed by atoms with Crippen LogP contribution in [0, 0.1) is 0 Å². The molecule has 2 aromatic rings. The third-order valence-corrected chi connectivity index (χ3v) is 5.07. The van der Waals surface area contributed by atoms with Gasteiger partial charge in [0.1, 0.15) is 5.75 Å². The van der Waals surface area contributed by atoms with Crippen molar-refractivity contribution in [2.24, 2.45) is 4.99 Å². The lowest BCUT2D eigenvalue weighted by Gasteiger charge is -2.12. The molecule has 1 aliphatic rings. The molecule has 0 atom stereocenters. The molecule has 0 saturated carbocycles. The molecular weight excluding hydrogens is 380 g/mol. The number of thioether (sulfide) groups is 1. The Morgan fingerprint density at radius 3 is 2.39 bits per heavy atom. The molecule has 1 fully saturated rings. The molecule has 0 aromatic heterocycles. The maximum atomic E-state index is 12.8. The fourth-order valence-electron chi connectivity index (χ4n) is 2.69. The first kappa shape index (κ1) is 19.6. The second-order valence-corrected chi connectivity index (χ2v) is 6.86. The number of nitrogens with zero attached hydrogens (tertiary/aromatic N) is 2. The second-order valence-electron chi connectivity index (χ2n) is 5.85. The molecule has 8 heteroatoms. The van der Waals surface area contributed by atoms with Crippen molar-refractivity contribution < 1.29 is 24.5 Å². The number of amidine groups is 1. The minimum Gasteiger partial charge on any atom is -0.508 e. The standard InChI is InChI=1S/C20H20N2O5S/c1-4-22-19(25)17(28-20(22)21-13-6-5-7-14(23)11-13)10-12-8-15(26-2)18(24)16(9-12)27-3/h5-11,23-24H,4H2,1-3H3/b17-10-,21-20?. The predicted molar refractivity (Wildman–Crippen MR) is 109 cm³/mol. The Hall–Kier alpha value is -3.13. The van der Waals surface area contributed by atoms with Gasteiger partial charge in [-0.2, -0.15) is 0 Å². The Kier molecular flexibility index (Phi) is 5.79. The first-order valence-corrected chi connectivity index (χ1v) is 9.32. The summed E-state index contributed by atoms with van der Waals surface area (Å²) in [5.74, 6) is 0.347. The van der Waals surface area contributed by atoms with Crippen LogP contribution >= 0.6 is 11.8 Å². The molecule has 0 spiro atoms. The van der Waals surface area contributed by atoms with Crippen molar-refractivity contribution in [3.63, 3.8) is 0 Å². The number of aromatic hydroxyl groups is 2. The van der Waals surface area contributed by atoms with Crippen LogP contribution in [0.3, 0.4) is 0 Å². The molecule has 3 rings (SSSR count). The van der Waals surface area contributed by atoms with Crippen LogP contribution in [-0.4, -0.2) is 47.0 Å². The van der Waals surface area contributed by atoms with Gasteiger partial charge >= 0.3 is 0 Å². The third kappa shape index (κ3) is 3.91. The van der Waals surface area contributed by atoms with Crippen LogP contribution in [0.5, 0.6) is 23.0 Å². The highest BCUT2D eigenvalue weighted by Gasteiger charge is 2.32. The number of hydrogen-bond acceptors (Lipinski definition) is 7. The van der Waals surface area contributed by atoms with Gasteiger partial charge in [-0.05, 0) is 54.6 Å². The molecule has 0 unspecified atom stereocenters. The topological polar surface area (TPSA) is 91.6 Å². The highest BCUT2D eigenvalue weighted by Crippen LogP contribution is 2.40. The lowest BCUT2D eigenvalue weighted by Crippen LogP contribution is -2.28. The van der Waals surface area contributed by atoms with E-state index in [0.29, 0.717) is 27.9 Å². The fourth-order valence-corrected chi connectivity index (χ4v) is 3.75. The number of rotatable bonds is 5. The van der Waals surface area contributed by atoms with Gasteiger partial charge in [-0.3, -0.25) is 9.69 Å². The number of benzene rings is 2. The van der Waals surface area contributed by atoms with Gasteiger partial charge in [0.25, 0.3) is 5.91 Å². The number of phenolic OH excluding ortho intramolecular Hbond substituents is 2. The number of methoxy groups -OCH3 is 2. The zero-order chi connectivity index (χ0) is 20.3. The lowest BCUT2D eigenvalue weighted by molar-refractivity contribution is -0.122. The van der Waals surface area contributed by atoms with Crippen molar-refractivity contribution in [3.05, 3.63) is 46.9 Å². The van der Waals surface area contributed by atoms with Gasteiger partial charge in [0.15, 0.2) is 16.7 Å². The van der Waals surface area contributed by atoms with Gasteiger partial charge in [-0.15, -0.1) is 0 Å². The van der Waals surface area contributed by atoms with Gasteiger partial charge < -0.3 is 19.7 Å². The van der Waals surface area contributed by atoms with E-state index >= 15 is 0 Å². The summed E-state index contributed by atoms with van der Waals surface area (Å²) in [5, 5.41) is 20.2. The zero-order valence-corrected chi connectivity index (χ0v) is 16.5. The number of carbonyl (C=O) groups is 1. The molecule has 146 valence electrons. The highest BCUT2D eigenvalue weighted by molar-refractivity contribution is 8.18. The number of phenols is 2. The molecular formula is C20H20N2O5S. The molecule has 1 saturated heterocycles. The number of likely N-dealkylation sites (N-methyl/N-ethyl adjacent to an activating group) is 1. The SMILES string of the molecule is CCN1C(=O)/C(=C/c2cc(OC)c(O)c(OC)c2)SC1=Nc1cccc(O)c1. The van der Waals surface area contributed by atoms with E-state index in [9.17, 15) is 15.0 Å². The zero-order valence-electron chi connectivity index (χ0n) is 15.7. The van der Waals surface area contributed by atoms with Crippen LogP contribution in [0.4, 0.5) is 5.69 Å². The Balaban J connectivity index is 1.98. The van der Waals surface area contributed by atoms with Crippen LogP contribution in [-0.2, 0) is 4.79 Å². The molecule has 1 heterocycles. The average Bonchev–Trinajstić information content (AvgIpc) is 2.97. The Morgan fingerprint density at radius 2 is 1.82 bits per heavy atom. The fraction of sp³-hybridized carbons (Fsp3) is 0.200. The van der Waals surface area contributed by atoms with Crippen molar-refractivity contribution in [2.75, 3.05) is 20.8 Å². The molecule has 2 N–H and O–H groups in total. The van der Waals surface area contributed by atoms with E-state index in [1.807, 2.05) is 6.92 Å². The molecule has 1 amide bonds. The summed E-state index contributed by atoms with van der Waals surface area (Å²) in [6.07, 6.45) is 1.70. The van der Waals surface area contributed by atoms with Gasteiger partial charge in [0, 0.05) is 12.6 Å². The smallest absolute Gasteiger partial charge is 0.266 e. The largest absolute Gasteiger partial charge is 0.508 e. The van der Waals surface area contributed by atoms with E-state index in [-0.39, 0.29) is 28.9 Å². The number of amides is 1. The van der Waals surface area contributed by atoms with E-state index in [1.54, 1.807) is 41.3 Å². The van der Waals surface area contributed by atoms with E-state index in [4.69, 9.17) is 9.47 Å². The summed E-state index contributed by atoms with van der Waals surface area (Å²) in [6, 6.07) is 9.79. The molecule has 2 aromatic carbocycles. The summed E-state index contributed by atoms with van der Waals surface area (Å²) >= 11 is 1.24. The summed E-state index contributed by atoms with van der Waals surface area (Å²) in [6.45, 7) is 2.33. The maximum absolute atomic E-state index is 12.8. The minimum absolute atomic E-state index is 0.0983. The third-order valence-electron chi connectivity index (χ3n) is 4.06. The van der Waals surface area contributed by atoms with Gasteiger partial charge in [0.05, 0.1) is 24.8 Å². The van der Waals surface area contributed by atoms with Crippen LogP contribution in [0.15, 0.2) is 46.3 Å². The Labute approximate surface area is 166 Å². The van der Waals surface area contributed by atoms with Crippen molar-refractivity contribution in [1.29, 1.82) is 0 Å². The molecule has 0 bridgehead atoms. The minimum atomic E-state index is -0.169. The molecule has 7 nitrogen and oxygen atoms in total. The first-order valence-electron chi connectivity index (χ1n) is 8.51. The molecule has 28 heavy (non-hydrogen) atoms. The summed E-state index contributed by atoms with van der Waals surface area (Å²) in [7, 11) is 2.89. The Morgan fingerprint density at radius 1 is 1.14 bits per heavy atom. The maximum Gasteiger partial charge on any atom is 0.266 e. The van der Waals surface area contributed by atoms with Crippen molar-refractivity contribution in [2.45, 2.75) is 6.92 Å². The van der Waals surface area contributed by atoms with Gasteiger partial charge in [-0.25, -0.2) is 4.99 Å². The molecule has 1 aliphatic heterocycles. The number of carbonyl (C=O) groups excluding carboxylic acids is 1. The predicted octanol–water partition coefficient (Wildman–Crippen LogP) is 3.74. The first-order chi connectivity index (χ1) is 13.5. The van der Waals surface area contributed by atoms with E-state index in [0.717, 1.165) is 0 Å². The summed E-state index contributed by atoms with van der Waals surface area (Å²) < 4.78 is 10.3. The van der Waals surface area contributed by atoms with Crippen molar-refractivity contribution >= 4 is 34.6 Å². The van der Waals surface area contributed by atoms with Crippen molar-refractivity contribution in [1.82, 2.24) is 4.90 Å². The highest BCUT2D eigenvalue weighted by atomic mass is 32.2. The van der Waals surface area contributed by atoms with E-state index in [1.165, 1.54) is 32.0 Å². The molecule has 0 radical (unpaired) electrons. The lowest BCUT2D eigenvalue weighted by atomic mass is 10.1. The van der Waals surface area contributed by atoms with E-state index < -0.39 is 0 Å². The number of aliphatic imine (C=N–C) groups is 1. The number of ether oxygens (including phenoxy) is 2. The number of hydrogen-bond donors (Lipinski definition) is 2. The van der Waals surface area contributed by atoms with Crippen LogP contribution in [0.1, 0.15) is 12.5 Å². The van der Waals surface area contributed by atoms with Crippen LogP contribution < -0.4 is 9.47 Å². The summed E-state index contributed by atoms with van der Waals surface area (Å²) in [4.78, 5) is 19.3. The normalized spacial score (nSPS) is 16.8. The average molecular weight is 400 g/mol. The summed E-state index contributed by atoms with van der Waals surface area (Å²) in [5.41, 5.74) is 1.21. The van der Waals surface area contributed by atoms with Crippen LogP contribution in [0.25, 0.3) is 6.08 Å². The van der Waals surface area contributed by atoms with Gasteiger partial charge in [0.2, 0.25) is 5.75 Å². The van der Waals surface area contributed by atoms with Crippen molar-refractivity contribution in [3.8, 4) is 23.0 Å². The van der Waals surface area contributed by atoms with Crippen LogP contribution in [0.2, 0.25) is 0 Å². The monoisotopic (exact) mass is 400 g/mol. The Bertz CT molecular complexity index is 946.